The first kappa shape index (κ1) is 16.7. The number of carbonyl (C=O) groups excluding carboxylic acids is 2. The lowest BCUT2D eigenvalue weighted by Gasteiger charge is -2.23. The van der Waals surface area contributed by atoms with Gasteiger partial charge in [0.25, 0.3) is 0 Å². The molecule has 1 aromatic heterocycles. The Morgan fingerprint density at radius 2 is 2.27 bits per heavy atom. The smallest absolute Gasteiger partial charge is 0.318 e. The summed E-state index contributed by atoms with van der Waals surface area (Å²) in [6.07, 6.45) is 4.38. The Kier molecular flexibility index (Phi) is 5.76. The molecule has 2 rings (SSSR count). The summed E-state index contributed by atoms with van der Waals surface area (Å²) in [5.41, 5.74) is 0. The molecule has 1 atom stereocenters. The summed E-state index contributed by atoms with van der Waals surface area (Å²) >= 11 is 1.63. The van der Waals surface area contributed by atoms with Gasteiger partial charge in [-0.2, -0.15) is 0 Å². The minimum atomic E-state index is -0.344. The van der Waals surface area contributed by atoms with E-state index in [0.717, 1.165) is 29.1 Å². The number of likely N-dealkylation sites (N-methyl/N-ethyl adjacent to an activating group) is 1. The van der Waals surface area contributed by atoms with Crippen LogP contribution in [0.1, 0.15) is 36.6 Å². The largest absolute Gasteiger partial charge is 0.357 e. The fourth-order valence-electron chi connectivity index (χ4n) is 2.59. The van der Waals surface area contributed by atoms with Crippen molar-refractivity contribution in [2.75, 3.05) is 13.6 Å². The monoisotopic (exact) mass is 324 g/mol. The summed E-state index contributed by atoms with van der Waals surface area (Å²) < 4.78 is 0. The zero-order valence-corrected chi connectivity index (χ0v) is 14.2. The number of thiazole rings is 1. The maximum Gasteiger partial charge on any atom is 0.318 e. The number of hydrogen-bond donors (Lipinski definition) is 2. The average Bonchev–Trinajstić information content (AvgIpc) is 3.12. The maximum absolute atomic E-state index is 12.3. The van der Waals surface area contributed by atoms with Gasteiger partial charge in [0, 0.05) is 31.1 Å². The van der Waals surface area contributed by atoms with Crippen LogP contribution in [0.3, 0.4) is 0 Å². The van der Waals surface area contributed by atoms with Crippen molar-refractivity contribution in [2.45, 2.75) is 45.7 Å². The van der Waals surface area contributed by atoms with Crippen molar-refractivity contribution < 1.29 is 9.59 Å². The first-order valence-electron chi connectivity index (χ1n) is 7.71. The molecule has 1 aliphatic rings. The molecule has 0 bridgehead atoms. The van der Waals surface area contributed by atoms with E-state index >= 15 is 0 Å². The molecule has 0 aliphatic carbocycles. The van der Waals surface area contributed by atoms with Crippen LogP contribution in [0.4, 0.5) is 4.79 Å². The van der Waals surface area contributed by atoms with Gasteiger partial charge in [0.1, 0.15) is 6.04 Å². The van der Waals surface area contributed by atoms with Crippen molar-refractivity contribution in [3.05, 3.63) is 16.1 Å². The van der Waals surface area contributed by atoms with Crippen LogP contribution in [-0.2, 0) is 17.8 Å². The lowest BCUT2D eigenvalue weighted by molar-refractivity contribution is -0.124. The van der Waals surface area contributed by atoms with Crippen LogP contribution in [-0.4, -0.2) is 41.5 Å². The zero-order valence-electron chi connectivity index (χ0n) is 13.4. The summed E-state index contributed by atoms with van der Waals surface area (Å²) in [7, 11) is 1.60. The maximum atomic E-state index is 12.3. The first-order valence-corrected chi connectivity index (χ1v) is 8.52. The number of urea groups is 1. The molecule has 1 fully saturated rings. The number of carbonyl (C=O) groups is 2. The highest BCUT2D eigenvalue weighted by atomic mass is 32.1. The second kappa shape index (κ2) is 7.58. The van der Waals surface area contributed by atoms with Crippen LogP contribution in [0, 0.1) is 5.92 Å². The second-order valence-corrected chi connectivity index (χ2v) is 7.14. The number of rotatable bonds is 5. The Morgan fingerprint density at radius 1 is 1.50 bits per heavy atom. The van der Waals surface area contributed by atoms with Gasteiger partial charge in [-0.15, -0.1) is 11.3 Å². The van der Waals surface area contributed by atoms with Crippen LogP contribution in [0.15, 0.2) is 6.20 Å². The van der Waals surface area contributed by atoms with Crippen LogP contribution in [0.2, 0.25) is 0 Å². The molecule has 0 aromatic carbocycles. The summed E-state index contributed by atoms with van der Waals surface area (Å²) in [5.74, 6) is 0.483. The van der Waals surface area contributed by atoms with Gasteiger partial charge >= 0.3 is 6.03 Å². The van der Waals surface area contributed by atoms with Gasteiger partial charge in [0.15, 0.2) is 0 Å². The van der Waals surface area contributed by atoms with Gasteiger partial charge in [-0.3, -0.25) is 4.79 Å². The van der Waals surface area contributed by atoms with Crippen LogP contribution < -0.4 is 10.6 Å². The molecule has 2 heterocycles. The molecule has 3 amide bonds. The van der Waals surface area contributed by atoms with Crippen molar-refractivity contribution in [1.82, 2.24) is 20.5 Å². The van der Waals surface area contributed by atoms with Crippen molar-refractivity contribution >= 4 is 23.3 Å². The zero-order chi connectivity index (χ0) is 16.1. The SMILES string of the molecule is CNC(=O)C1CCCN1C(=O)NCc1cnc(CC(C)C)s1. The van der Waals surface area contributed by atoms with Crippen molar-refractivity contribution in [3.8, 4) is 0 Å². The van der Waals surface area contributed by atoms with Crippen molar-refractivity contribution in [2.24, 2.45) is 5.92 Å². The van der Waals surface area contributed by atoms with E-state index < -0.39 is 0 Å². The van der Waals surface area contributed by atoms with E-state index in [2.05, 4.69) is 29.5 Å². The molecule has 6 nitrogen and oxygen atoms in total. The first-order chi connectivity index (χ1) is 10.5. The van der Waals surface area contributed by atoms with E-state index in [1.165, 1.54) is 0 Å². The molecule has 2 N–H and O–H groups in total. The van der Waals surface area contributed by atoms with E-state index in [0.29, 0.717) is 19.0 Å². The summed E-state index contributed by atoms with van der Waals surface area (Å²) in [4.78, 5) is 31.1. The molecular formula is C15H24N4O2S. The molecular weight excluding hydrogens is 300 g/mol. The highest BCUT2D eigenvalue weighted by molar-refractivity contribution is 7.11. The Morgan fingerprint density at radius 3 is 2.95 bits per heavy atom. The molecule has 7 heteroatoms. The number of likely N-dealkylation sites (tertiary alicyclic amines) is 1. The van der Waals surface area contributed by atoms with Crippen LogP contribution >= 0.6 is 11.3 Å². The van der Waals surface area contributed by atoms with Gasteiger partial charge in [0.05, 0.1) is 11.6 Å². The molecule has 1 aliphatic heterocycles. The van der Waals surface area contributed by atoms with E-state index in [1.54, 1.807) is 23.3 Å². The van der Waals surface area contributed by atoms with Crippen molar-refractivity contribution in [1.29, 1.82) is 0 Å². The summed E-state index contributed by atoms with van der Waals surface area (Å²) in [6, 6.07) is -0.520. The molecule has 0 saturated carbocycles. The minimum Gasteiger partial charge on any atom is -0.357 e. The Bertz CT molecular complexity index is 529. The quantitative estimate of drug-likeness (QED) is 0.867. The second-order valence-electron chi connectivity index (χ2n) is 5.94. The third kappa shape index (κ3) is 4.19. The van der Waals surface area contributed by atoms with Gasteiger partial charge in [0.2, 0.25) is 5.91 Å². The number of nitrogens with one attached hydrogen (secondary N) is 2. The molecule has 1 unspecified atom stereocenters. The van der Waals surface area contributed by atoms with E-state index in [1.807, 2.05) is 6.20 Å². The number of nitrogens with zero attached hydrogens (tertiary/aromatic N) is 2. The normalized spacial score (nSPS) is 17.8. The van der Waals surface area contributed by atoms with E-state index in [-0.39, 0.29) is 18.0 Å². The van der Waals surface area contributed by atoms with E-state index in [9.17, 15) is 9.59 Å². The highest BCUT2D eigenvalue weighted by Crippen LogP contribution is 2.19. The molecule has 0 spiro atoms. The molecule has 22 heavy (non-hydrogen) atoms. The fourth-order valence-corrected chi connectivity index (χ4v) is 3.66. The fraction of sp³-hybridized carbons (Fsp3) is 0.667. The Hall–Kier alpha value is -1.63. The summed E-state index contributed by atoms with van der Waals surface area (Å²) in [5, 5.41) is 6.61. The third-order valence-electron chi connectivity index (χ3n) is 3.66. The molecule has 1 aromatic rings. The average molecular weight is 324 g/mol. The Balaban J connectivity index is 1.87. The lowest BCUT2D eigenvalue weighted by atomic mass is 10.1. The number of hydrogen-bond acceptors (Lipinski definition) is 4. The van der Waals surface area contributed by atoms with Gasteiger partial charge in [-0.1, -0.05) is 13.8 Å². The molecule has 122 valence electrons. The highest BCUT2D eigenvalue weighted by Gasteiger charge is 2.33. The molecule has 0 radical (unpaired) electrons. The van der Waals surface area contributed by atoms with Gasteiger partial charge < -0.3 is 15.5 Å². The van der Waals surface area contributed by atoms with E-state index in [4.69, 9.17) is 0 Å². The molecule has 1 saturated heterocycles. The summed E-state index contributed by atoms with van der Waals surface area (Å²) in [6.45, 7) is 5.42. The van der Waals surface area contributed by atoms with Gasteiger partial charge in [-0.05, 0) is 18.8 Å². The standard InChI is InChI=1S/C15H24N4O2S/c1-10(2)7-13-17-8-11(22-13)9-18-15(21)19-6-4-5-12(19)14(20)16-3/h8,10,12H,4-7,9H2,1-3H3,(H,16,20)(H,18,21). The lowest BCUT2D eigenvalue weighted by Crippen LogP contribution is -2.48. The number of aromatic nitrogens is 1. The Labute approximate surface area is 135 Å². The van der Waals surface area contributed by atoms with Crippen molar-refractivity contribution in [3.63, 3.8) is 0 Å². The van der Waals surface area contributed by atoms with Gasteiger partial charge in [-0.25, -0.2) is 9.78 Å². The predicted molar refractivity (Wildman–Crippen MR) is 86.7 cm³/mol. The predicted octanol–water partition coefficient (Wildman–Crippen LogP) is 1.76. The number of amides is 3. The van der Waals surface area contributed by atoms with Crippen LogP contribution in [0.5, 0.6) is 0 Å². The van der Waals surface area contributed by atoms with Crippen LogP contribution in [0.25, 0.3) is 0 Å². The minimum absolute atomic E-state index is 0.0929. The third-order valence-corrected chi connectivity index (χ3v) is 4.68. The topological polar surface area (TPSA) is 74.3 Å².